The minimum absolute atomic E-state index is 0.00679. The number of nitrogens with zero attached hydrogens (tertiary/aromatic N) is 3. The molecule has 0 aliphatic heterocycles. The molecule has 0 amide bonds. The summed E-state index contributed by atoms with van der Waals surface area (Å²) in [5.74, 6) is -0.0666. The van der Waals surface area contributed by atoms with E-state index in [0.717, 1.165) is 6.07 Å². The molecule has 2 heterocycles. The standard InChI is InChI=1S/C22H19FN4O4S/c1-2-30-20-10-9-17(13-18(20)23)32(28,29)27-19-8-4-3-6-15(19)12-21-25-22(26-31-21)16-7-5-11-24-14-16/h3-11,13-14,27H,2,12H2,1H3. The lowest BCUT2D eigenvalue weighted by molar-refractivity contribution is 0.321. The Balaban J connectivity index is 1.56. The smallest absolute Gasteiger partial charge is 0.262 e. The first kappa shape index (κ1) is 21.4. The van der Waals surface area contributed by atoms with Crippen LogP contribution in [-0.4, -0.2) is 30.1 Å². The predicted octanol–water partition coefficient (Wildman–Crippen LogP) is 4.06. The maximum Gasteiger partial charge on any atom is 0.262 e. The summed E-state index contributed by atoms with van der Waals surface area (Å²) in [4.78, 5) is 8.16. The van der Waals surface area contributed by atoms with E-state index in [2.05, 4.69) is 19.8 Å². The molecule has 0 spiro atoms. The van der Waals surface area contributed by atoms with Crippen LogP contribution in [-0.2, 0) is 16.4 Å². The summed E-state index contributed by atoms with van der Waals surface area (Å²) < 4.78 is 52.8. The number of nitrogens with one attached hydrogen (secondary N) is 1. The van der Waals surface area contributed by atoms with Crippen molar-refractivity contribution in [3.63, 3.8) is 0 Å². The molecule has 0 saturated heterocycles. The molecule has 2 aromatic carbocycles. The predicted molar refractivity (Wildman–Crippen MR) is 115 cm³/mol. The van der Waals surface area contributed by atoms with E-state index in [4.69, 9.17) is 9.26 Å². The van der Waals surface area contributed by atoms with Crippen molar-refractivity contribution < 1.29 is 22.1 Å². The molecule has 0 unspecified atom stereocenters. The van der Waals surface area contributed by atoms with E-state index in [1.165, 1.54) is 12.1 Å². The molecule has 0 radical (unpaired) electrons. The zero-order valence-corrected chi connectivity index (χ0v) is 17.8. The number of para-hydroxylation sites is 1. The zero-order valence-electron chi connectivity index (χ0n) is 17.0. The summed E-state index contributed by atoms with van der Waals surface area (Å²) in [7, 11) is -4.04. The van der Waals surface area contributed by atoms with Crippen LogP contribution in [0.25, 0.3) is 11.4 Å². The largest absolute Gasteiger partial charge is 0.491 e. The Hall–Kier alpha value is -3.79. The molecule has 8 nitrogen and oxygen atoms in total. The van der Waals surface area contributed by atoms with Crippen molar-refractivity contribution in [2.75, 3.05) is 11.3 Å². The summed E-state index contributed by atoms with van der Waals surface area (Å²) in [6.07, 6.45) is 3.46. The lowest BCUT2D eigenvalue weighted by Gasteiger charge is -2.12. The van der Waals surface area contributed by atoms with Gasteiger partial charge in [0.15, 0.2) is 11.6 Å². The van der Waals surface area contributed by atoms with Crippen LogP contribution in [0, 0.1) is 5.82 Å². The summed E-state index contributed by atoms with van der Waals surface area (Å²) in [6, 6.07) is 13.9. The van der Waals surface area contributed by atoms with Crippen molar-refractivity contribution in [2.45, 2.75) is 18.2 Å². The Bertz CT molecular complexity index is 1330. The molecule has 0 atom stereocenters. The molecule has 0 fully saturated rings. The number of benzene rings is 2. The number of aromatic nitrogens is 3. The summed E-state index contributed by atoms with van der Waals surface area (Å²) >= 11 is 0. The normalized spacial score (nSPS) is 11.3. The van der Waals surface area contributed by atoms with Gasteiger partial charge in [-0.25, -0.2) is 12.8 Å². The number of rotatable bonds is 8. The topological polar surface area (TPSA) is 107 Å². The number of halogens is 1. The van der Waals surface area contributed by atoms with Crippen LogP contribution in [0.4, 0.5) is 10.1 Å². The van der Waals surface area contributed by atoms with Crippen molar-refractivity contribution in [1.29, 1.82) is 0 Å². The second-order valence-electron chi connectivity index (χ2n) is 6.72. The fourth-order valence-electron chi connectivity index (χ4n) is 3.00. The zero-order chi connectivity index (χ0) is 22.6. The highest BCUT2D eigenvalue weighted by molar-refractivity contribution is 7.92. The van der Waals surface area contributed by atoms with E-state index in [9.17, 15) is 12.8 Å². The maximum absolute atomic E-state index is 14.2. The lowest BCUT2D eigenvalue weighted by atomic mass is 10.1. The van der Waals surface area contributed by atoms with Gasteiger partial charge in [-0.05, 0) is 48.9 Å². The maximum atomic E-state index is 14.2. The highest BCUT2D eigenvalue weighted by Crippen LogP contribution is 2.26. The number of sulfonamides is 1. The molecule has 0 bridgehead atoms. The Morgan fingerprint density at radius 3 is 2.72 bits per heavy atom. The first-order chi connectivity index (χ1) is 15.5. The molecule has 2 aromatic heterocycles. The molecule has 1 N–H and O–H groups in total. The monoisotopic (exact) mass is 454 g/mol. The van der Waals surface area contributed by atoms with Gasteiger partial charge in [0.1, 0.15) is 0 Å². The molecule has 4 rings (SSSR count). The van der Waals surface area contributed by atoms with Gasteiger partial charge >= 0.3 is 0 Å². The van der Waals surface area contributed by atoms with Gasteiger partial charge in [0.25, 0.3) is 10.0 Å². The second-order valence-corrected chi connectivity index (χ2v) is 8.40. The Morgan fingerprint density at radius 1 is 1.12 bits per heavy atom. The van der Waals surface area contributed by atoms with Gasteiger partial charge in [-0.1, -0.05) is 23.4 Å². The van der Waals surface area contributed by atoms with Crippen LogP contribution in [0.1, 0.15) is 18.4 Å². The van der Waals surface area contributed by atoms with Crippen molar-refractivity contribution in [2.24, 2.45) is 0 Å². The average Bonchev–Trinajstić information content (AvgIpc) is 3.26. The van der Waals surface area contributed by atoms with Gasteiger partial charge in [0, 0.05) is 18.0 Å². The van der Waals surface area contributed by atoms with Crippen LogP contribution in [0.15, 0.2) is 76.4 Å². The van der Waals surface area contributed by atoms with Gasteiger partial charge in [-0.15, -0.1) is 0 Å². The molecule has 32 heavy (non-hydrogen) atoms. The molecular weight excluding hydrogens is 435 g/mol. The van der Waals surface area contributed by atoms with E-state index in [1.54, 1.807) is 55.7 Å². The highest BCUT2D eigenvalue weighted by Gasteiger charge is 2.19. The van der Waals surface area contributed by atoms with Crippen LogP contribution in [0.5, 0.6) is 5.75 Å². The fraction of sp³-hybridized carbons (Fsp3) is 0.136. The Morgan fingerprint density at radius 2 is 1.97 bits per heavy atom. The van der Waals surface area contributed by atoms with E-state index >= 15 is 0 Å². The van der Waals surface area contributed by atoms with Crippen molar-refractivity contribution in [3.8, 4) is 17.1 Å². The highest BCUT2D eigenvalue weighted by atomic mass is 32.2. The summed E-state index contributed by atoms with van der Waals surface area (Å²) in [6.45, 7) is 1.98. The van der Waals surface area contributed by atoms with Gasteiger partial charge < -0.3 is 9.26 Å². The Kier molecular flexibility index (Phi) is 6.13. The van der Waals surface area contributed by atoms with E-state index < -0.39 is 15.8 Å². The van der Waals surface area contributed by atoms with Crippen LogP contribution >= 0.6 is 0 Å². The number of hydrogen-bond acceptors (Lipinski definition) is 7. The van der Waals surface area contributed by atoms with Crippen LogP contribution < -0.4 is 9.46 Å². The summed E-state index contributed by atoms with van der Waals surface area (Å²) in [5, 5.41) is 3.95. The third kappa shape index (κ3) is 4.75. The molecule has 4 aromatic rings. The third-order valence-corrected chi connectivity index (χ3v) is 5.87. The number of ether oxygens (including phenoxy) is 1. The number of anilines is 1. The molecule has 0 saturated carbocycles. The molecule has 0 aliphatic carbocycles. The van der Waals surface area contributed by atoms with Gasteiger partial charge in [-0.3, -0.25) is 9.71 Å². The number of pyridine rings is 1. The molecular formula is C22H19FN4O4S. The van der Waals surface area contributed by atoms with Crippen molar-refractivity contribution in [3.05, 3.63) is 84.3 Å². The average molecular weight is 454 g/mol. The fourth-order valence-corrected chi connectivity index (χ4v) is 4.11. The first-order valence-corrected chi connectivity index (χ1v) is 11.2. The SMILES string of the molecule is CCOc1ccc(S(=O)(=O)Nc2ccccc2Cc2nc(-c3cccnc3)no2)cc1F. The second kappa shape index (κ2) is 9.15. The quantitative estimate of drug-likeness (QED) is 0.428. The minimum atomic E-state index is -4.04. The van der Waals surface area contributed by atoms with E-state index in [1.807, 2.05) is 0 Å². The van der Waals surface area contributed by atoms with Crippen LogP contribution in [0.2, 0.25) is 0 Å². The van der Waals surface area contributed by atoms with E-state index in [0.29, 0.717) is 28.5 Å². The third-order valence-electron chi connectivity index (χ3n) is 4.50. The number of hydrogen-bond donors (Lipinski definition) is 1. The molecule has 10 heteroatoms. The van der Waals surface area contributed by atoms with Crippen molar-refractivity contribution in [1.82, 2.24) is 15.1 Å². The Labute approximate surface area is 184 Å². The van der Waals surface area contributed by atoms with Gasteiger partial charge in [0.2, 0.25) is 11.7 Å². The molecule has 164 valence electrons. The van der Waals surface area contributed by atoms with E-state index in [-0.39, 0.29) is 23.7 Å². The molecule has 0 aliphatic rings. The van der Waals surface area contributed by atoms with Crippen LogP contribution in [0.3, 0.4) is 0 Å². The van der Waals surface area contributed by atoms with Gasteiger partial charge in [0.05, 0.1) is 23.6 Å². The van der Waals surface area contributed by atoms with Gasteiger partial charge in [-0.2, -0.15) is 4.98 Å². The lowest BCUT2D eigenvalue weighted by Crippen LogP contribution is -2.15. The summed E-state index contributed by atoms with van der Waals surface area (Å²) in [5.41, 5.74) is 1.64. The first-order valence-electron chi connectivity index (χ1n) is 9.72. The minimum Gasteiger partial charge on any atom is -0.491 e. The van der Waals surface area contributed by atoms with Crippen molar-refractivity contribution >= 4 is 15.7 Å².